The number of quaternary nitrogens is 1. The van der Waals surface area contributed by atoms with Crippen molar-refractivity contribution in [2.45, 2.75) is 31.3 Å². The Hall–Kier alpha value is -2.70. The number of ether oxygens (including phenoxy) is 1. The van der Waals surface area contributed by atoms with Crippen LogP contribution >= 0.6 is 11.3 Å². The number of benzene rings is 2. The van der Waals surface area contributed by atoms with E-state index in [1.54, 1.807) is 5.51 Å². The van der Waals surface area contributed by atoms with Gasteiger partial charge in [0, 0.05) is 25.7 Å². The van der Waals surface area contributed by atoms with Crippen molar-refractivity contribution in [3.8, 4) is 10.4 Å². The first kappa shape index (κ1) is 20.2. The molecular formula is C25H28N3O2S+. The number of nitrogens with one attached hydrogen (secondary N) is 1. The lowest BCUT2D eigenvalue weighted by Gasteiger charge is -2.54. The van der Waals surface area contributed by atoms with E-state index in [1.807, 2.05) is 30.3 Å². The molecule has 1 aromatic heterocycles. The van der Waals surface area contributed by atoms with Crippen LogP contribution in [-0.4, -0.2) is 47.3 Å². The second-order valence-electron chi connectivity index (χ2n) is 8.82. The van der Waals surface area contributed by atoms with Crippen LogP contribution in [0, 0.1) is 0 Å². The minimum atomic E-state index is -0.380. The van der Waals surface area contributed by atoms with E-state index in [0.717, 1.165) is 60.2 Å². The smallest absolute Gasteiger partial charge is 0.413 e. The molecule has 3 aliphatic rings. The molecule has 6 heteroatoms. The molecule has 0 spiro atoms. The average molecular weight is 435 g/mol. The van der Waals surface area contributed by atoms with Gasteiger partial charge in [0.1, 0.15) is 5.60 Å². The largest absolute Gasteiger partial charge is 0.442 e. The molecule has 3 saturated heterocycles. The molecule has 1 N–H and O–H groups in total. The Bertz CT molecular complexity index is 1010. The first-order valence-electron chi connectivity index (χ1n) is 11.0. The Morgan fingerprint density at radius 1 is 1.00 bits per heavy atom. The van der Waals surface area contributed by atoms with Crippen molar-refractivity contribution in [1.29, 1.82) is 0 Å². The van der Waals surface area contributed by atoms with E-state index < -0.39 is 0 Å². The summed E-state index contributed by atoms with van der Waals surface area (Å²) in [5.41, 5.74) is 3.90. The lowest BCUT2D eigenvalue weighted by atomic mass is 9.80. The fourth-order valence-corrected chi connectivity index (χ4v) is 5.73. The van der Waals surface area contributed by atoms with Gasteiger partial charge in [0.2, 0.25) is 0 Å². The van der Waals surface area contributed by atoms with E-state index >= 15 is 0 Å². The van der Waals surface area contributed by atoms with Crippen LogP contribution in [-0.2, 0) is 11.2 Å². The first-order valence-corrected chi connectivity index (χ1v) is 11.9. The number of nitrogens with zero attached hydrogens (tertiary/aromatic N) is 2. The number of carbonyl (C=O) groups is 1. The van der Waals surface area contributed by atoms with Gasteiger partial charge in [-0.3, -0.25) is 5.32 Å². The third-order valence-electron chi connectivity index (χ3n) is 6.98. The third-order valence-corrected chi connectivity index (χ3v) is 7.85. The zero-order valence-corrected chi connectivity index (χ0v) is 18.4. The number of piperidine rings is 3. The van der Waals surface area contributed by atoms with Gasteiger partial charge in [-0.25, -0.2) is 9.78 Å². The normalized spacial score (nSPS) is 24.6. The first-order chi connectivity index (χ1) is 15.2. The summed E-state index contributed by atoms with van der Waals surface area (Å²) in [6.07, 6.45) is 3.56. The molecule has 0 radical (unpaired) electrons. The Morgan fingerprint density at radius 3 is 2.32 bits per heavy atom. The molecule has 160 valence electrons. The lowest BCUT2D eigenvalue weighted by Crippen LogP contribution is -2.65. The maximum atomic E-state index is 12.8. The van der Waals surface area contributed by atoms with E-state index in [2.05, 4.69) is 40.6 Å². The fraction of sp³-hybridized carbons (Fsp3) is 0.360. The third kappa shape index (κ3) is 4.36. The summed E-state index contributed by atoms with van der Waals surface area (Å²) in [5, 5.41) is 2.90. The Balaban J connectivity index is 1.18. The number of hydrogen-bond donors (Lipinski definition) is 1. The summed E-state index contributed by atoms with van der Waals surface area (Å²) in [5.74, 6) is 0.581. The molecule has 6 rings (SSSR count). The van der Waals surface area contributed by atoms with Gasteiger partial charge in [-0.05, 0) is 11.1 Å². The number of amides is 1. The van der Waals surface area contributed by atoms with Gasteiger partial charge in [-0.1, -0.05) is 60.7 Å². The number of fused-ring (bicyclic) bond motifs is 3. The highest BCUT2D eigenvalue weighted by Crippen LogP contribution is 2.40. The summed E-state index contributed by atoms with van der Waals surface area (Å²) < 4.78 is 7.20. The van der Waals surface area contributed by atoms with Crippen molar-refractivity contribution >= 4 is 23.2 Å². The Morgan fingerprint density at radius 2 is 1.65 bits per heavy atom. The number of thiazole rings is 1. The predicted octanol–water partition coefficient (Wildman–Crippen LogP) is 5.35. The van der Waals surface area contributed by atoms with Gasteiger partial charge in [0.15, 0.2) is 5.82 Å². The molecule has 0 aliphatic carbocycles. The Kier molecular flexibility index (Phi) is 5.50. The van der Waals surface area contributed by atoms with Crippen molar-refractivity contribution in [1.82, 2.24) is 4.98 Å². The number of rotatable bonds is 6. The average Bonchev–Trinajstić information content (AvgIpc) is 3.28. The summed E-state index contributed by atoms with van der Waals surface area (Å²) in [6.45, 7) is 4.44. The number of carbonyl (C=O) groups excluding carboxylic acids is 1. The maximum absolute atomic E-state index is 12.8. The van der Waals surface area contributed by atoms with Crippen molar-refractivity contribution in [3.63, 3.8) is 0 Å². The Labute approximate surface area is 187 Å². The number of anilines is 1. The van der Waals surface area contributed by atoms with E-state index in [4.69, 9.17) is 4.74 Å². The van der Waals surface area contributed by atoms with Crippen LogP contribution in [0.4, 0.5) is 10.6 Å². The summed E-state index contributed by atoms with van der Waals surface area (Å²) in [6, 6.07) is 20.7. The second kappa shape index (κ2) is 8.44. The van der Waals surface area contributed by atoms with Crippen molar-refractivity contribution < 1.29 is 14.0 Å². The van der Waals surface area contributed by atoms with Gasteiger partial charge in [0.05, 0.1) is 36.6 Å². The van der Waals surface area contributed by atoms with E-state index in [9.17, 15) is 4.79 Å². The fourth-order valence-electron chi connectivity index (χ4n) is 4.98. The van der Waals surface area contributed by atoms with Crippen LogP contribution in [0.2, 0.25) is 0 Å². The monoisotopic (exact) mass is 434 g/mol. The van der Waals surface area contributed by atoms with Crippen LogP contribution in [0.15, 0.2) is 66.2 Å². The quantitative estimate of drug-likeness (QED) is 0.532. The molecule has 3 aliphatic heterocycles. The summed E-state index contributed by atoms with van der Waals surface area (Å²) in [7, 11) is 0. The molecule has 0 unspecified atom stereocenters. The van der Waals surface area contributed by atoms with Crippen LogP contribution in [0.1, 0.15) is 24.8 Å². The lowest BCUT2D eigenvalue weighted by molar-refractivity contribution is -0.944. The second-order valence-corrected chi connectivity index (χ2v) is 9.67. The molecule has 0 atom stereocenters. The highest BCUT2D eigenvalue weighted by molar-refractivity contribution is 7.13. The van der Waals surface area contributed by atoms with E-state index in [-0.39, 0.29) is 11.7 Å². The van der Waals surface area contributed by atoms with Crippen molar-refractivity contribution in [2.24, 2.45) is 0 Å². The maximum Gasteiger partial charge on any atom is 0.413 e. The van der Waals surface area contributed by atoms with Crippen molar-refractivity contribution in [3.05, 3.63) is 71.7 Å². The van der Waals surface area contributed by atoms with E-state index in [0.29, 0.717) is 5.82 Å². The molecule has 0 saturated carbocycles. The molecule has 3 aromatic rings. The molecular weight excluding hydrogens is 406 g/mol. The molecule has 31 heavy (non-hydrogen) atoms. The summed E-state index contributed by atoms with van der Waals surface area (Å²) >= 11 is 1.52. The van der Waals surface area contributed by atoms with Gasteiger partial charge in [-0.2, -0.15) is 0 Å². The zero-order chi connectivity index (χ0) is 21.2. The van der Waals surface area contributed by atoms with Gasteiger partial charge in [-0.15, -0.1) is 11.3 Å². The topological polar surface area (TPSA) is 51.2 Å². The minimum absolute atomic E-state index is 0.320. The van der Waals surface area contributed by atoms with Crippen LogP contribution in [0.25, 0.3) is 10.4 Å². The van der Waals surface area contributed by atoms with Gasteiger partial charge >= 0.3 is 6.09 Å². The molecule has 4 heterocycles. The van der Waals surface area contributed by atoms with Crippen molar-refractivity contribution in [2.75, 3.05) is 31.5 Å². The highest BCUT2D eigenvalue weighted by atomic mass is 32.1. The molecule has 2 aromatic carbocycles. The molecule has 5 nitrogen and oxygen atoms in total. The molecule has 1 amide bonds. The highest BCUT2D eigenvalue weighted by Gasteiger charge is 2.51. The van der Waals surface area contributed by atoms with E-state index in [1.165, 1.54) is 23.4 Å². The summed E-state index contributed by atoms with van der Waals surface area (Å²) in [4.78, 5) is 18.1. The van der Waals surface area contributed by atoms with Gasteiger partial charge < -0.3 is 9.22 Å². The van der Waals surface area contributed by atoms with Crippen LogP contribution in [0.3, 0.4) is 0 Å². The minimum Gasteiger partial charge on any atom is -0.442 e. The molecule has 3 fully saturated rings. The zero-order valence-electron chi connectivity index (χ0n) is 17.6. The molecule has 2 bridgehead atoms. The SMILES string of the molecule is O=C(Nc1ncsc1-c1ccccc1)OC12CC[N+](CCc3ccccc3)(CC1)CC2. The standard InChI is InChI=1S/C25H27N3O2S/c29-24(27-23-22(31-19-26-23)21-9-5-2-6-10-21)30-25-12-16-28(17-13-25,18-14-25)15-11-20-7-3-1-4-8-20/h1-10,19H,11-18H2/p+1. The number of hydrogen-bond acceptors (Lipinski definition) is 4. The predicted molar refractivity (Wildman–Crippen MR) is 124 cm³/mol. The van der Waals surface area contributed by atoms with Gasteiger partial charge in [0.25, 0.3) is 0 Å². The van der Waals surface area contributed by atoms with Crippen LogP contribution in [0.5, 0.6) is 0 Å². The van der Waals surface area contributed by atoms with Crippen LogP contribution < -0.4 is 5.32 Å². The number of aromatic nitrogens is 1.